The standard InChI is InChI=1S/C13H16FN3OS2/c1-17(7-12-15-16-13(19-2)20-12)11(8-18)9-4-3-5-10(14)6-9/h3-6,11,18H,7-8H2,1-2H3/t11-/m0/s1. The van der Waals surface area contributed by atoms with Gasteiger partial charge in [-0.15, -0.1) is 10.2 Å². The average Bonchev–Trinajstić information content (AvgIpc) is 2.87. The molecule has 4 nitrogen and oxygen atoms in total. The molecule has 0 aliphatic rings. The molecule has 2 aromatic rings. The van der Waals surface area contributed by atoms with Crippen LogP contribution in [-0.2, 0) is 6.54 Å². The summed E-state index contributed by atoms with van der Waals surface area (Å²) in [7, 11) is 1.88. The van der Waals surface area contributed by atoms with Crippen molar-refractivity contribution in [2.24, 2.45) is 0 Å². The van der Waals surface area contributed by atoms with E-state index in [1.807, 2.05) is 24.3 Å². The third-order valence-corrected chi connectivity index (χ3v) is 4.83. The molecular formula is C13H16FN3OS2. The van der Waals surface area contributed by atoms with Gasteiger partial charge in [-0.05, 0) is 31.0 Å². The van der Waals surface area contributed by atoms with Crippen LogP contribution in [0, 0.1) is 5.82 Å². The first-order valence-electron chi connectivity index (χ1n) is 6.07. The van der Waals surface area contributed by atoms with Crippen molar-refractivity contribution in [1.82, 2.24) is 15.1 Å². The van der Waals surface area contributed by atoms with Crippen molar-refractivity contribution in [3.05, 3.63) is 40.7 Å². The third-order valence-electron chi connectivity index (χ3n) is 2.95. The van der Waals surface area contributed by atoms with Crippen molar-refractivity contribution in [3.63, 3.8) is 0 Å². The summed E-state index contributed by atoms with van der Waals surface area (Å²) in [6.45, 7) is 0.494. The fourth-order valence-electron chi connectivity index (χ4n) is 1.92. The highest BCUT2D eigenvalue weighted by molar-refractivity contribution is 8.00. The lowest BCUT2D eigenvalue weighted by Crippen LogP contribution is -2.27. The number of rotatable bonds is 6. The molecule has 1 N–H and O–H groups in total. The van der Waals surface area contributed by atoms with Gasteiger partial charge in [0.25, 0.3) is 0 Å². The van der Waals surface area contributed by atoms with E-state index < -0.39 is 0 Å². The minimum absolute atomic E-state index is 0.0753. The van der Waals surface area contributed by atoms with Crippen molar-refractivity contribution >= 4 is 23.1 Å². The zero-order valence-corrected chi connectivity index (χ0v) is 12.9. The smallest absolute Gasteiger partial charge is 0.174 e. The van der Waals surface area contributed by atoms with Gasteiger partial charge in [0.1, 0.15) is 10.8 Å². The van der Waals surface area contributed by atoms with E-state index in [0.717, 1.165) is 14.9 Å². The SMILES string of the molecule is CSc1nnc(CN(C)[C@@H](CO)c2cccc(F)c2)s1. The number of aliphatic hydroxyl groups excluding tert-OH is 1. The summed E-state index contributed by atoms with van der Waals surface area (Å²) < 4.78 is 14.2. The van der Waals surface area contributed by atoms with Crippen LogP contribution in [0.3, 0.4) is 0 Å². The Bertz CT molecular complexity index is 564. The Hall–Kier alpha value is -1.02. The number of nitrogens with zero attached hydrogens (tertiary/aromatic N) is 3. The molecule has 1 atom stereocenters. The summed E-state index contributed by atoms with van der Waals surface area (Å²) >= 11 is 3.09. The van der Waals surface area contributed by atoms with E-state index in [-0.39, 0.29) is 18.5 Å². The van der Waals surface area contributed by atoms with Gasteiger partial charge in [0.15, 0.2) is 4.34 Å². The second kappa shape index (κ2) is 7.12. The Morgan fingerprint density at radius 1 is 1.45 bits per heavy atom. The van der Waals surface area contributed by atoms with Crippen LogP contribution in [0.15, 0.2) is 28.6 Å². The highest BCUT2D eigenvalue weighted by atomic mass is 32.2. The van der Waals surface area contributed by atoms with E-state index in [1.165, 1.54) is 23.5 Å². The molecule has 1 aromatic heterocycles. The number of aliphatic hydroxyl groups is 1. The van der Waals surface area contributed by atoms with Crippen LogP contribution >= 0.6 is 23.1 Å². The Balaban J connectivity index is 2.10. The van der Waals surface area contributed by atoms with Gasteiger partial charge < -0.3 is 5.11 Å². The molecule has 0 saturated heterocycles. The maximum absolute atomic E-state index is 13.3. The van der Waals surface area contributed by atoms with Gasteiger partial charge in [0, 0.05) is 0 Å². The van der Waals surface area contributed by atoms with Crippen molar-refractivity contribution in [1.29, 1.82) is 0 Å². The molecule has 0 radical (unpaired) electrons. The van der Waals surface area contributed by atoms with Crippen LogP contribution in [0.4, 0.5) is 4.39 Å². The van der Waals surface area contributed by atoms with Crippen LogP contribution in [0.5, 0.6) is 0 Å². The molecule has 0 amide bonds. The Morgan fingerprint density at radius 3 is 2.85 bits per heavy atom. The number of thioether (sulfide) groups is 1. The quantitative estimate of drug-likeness (QED) is 0.831. The van der Waals surface area contributed by atoms with Crippen LogP contribution in [0.2, 0.25) is 0 Å². The summed E-state index contributed by atoms with van der Waals surface area (Å²) in [5.74, 6) is -0.296. The number of aromatic nitrogens is 2. The molecule has 0 aliphatic carbocycles. The minimum atomic E-state index is -0.296. The molecule has 0 bridgehead atoms. The van der Waals surface area contributed by atoms with E-state index in [0.29, 0.717) is 6.54 Å². The summed E-state index contributed by atoms with van der Waals surface area (Å²) in [6.07, 6.45) is 1.96. The fourth-order valence-corrected chi connectivity index (χ4v) is 3.30. The van der Waals surface area contributed by atoms with Crippen LogP contribution in [0.25, 0.3) is 0 Å². The van der Waals surface area contributed by atoms with Crippen LogP contribution in [0.1, 0.15) is 16.6 Å². The lowest BCUT2D eigenvalue weighted by molar-refractivity contribution is 0.142. The first kappa shape index (κ1) is 15.4. The third kappa shape index (κ3) is 3.76. The van der Waals surface area contributed by atoms with Gasteiger partial charge >= 0.3 is 0 Å². The highest BCUT2D eigenvalue weighted by Gasteiger charge is 2.18. The van der Waals surface area contributed by atoms with Crippen molar-refractivity contribution < 1.29 is 9.50 Å². The molecular weight excluding hydrogens is 297 g/mol. The zero-order chi connectivity index (χ0) is 14.5. The van der Waals surface area contributed by atoms with Gasteiger partial charge in [0.2, 0.25) is 0 Å². The molecule has 0 fully saturated rings. The second-order valence-electron chi connectivity index (χ2n) is 4.33. The maximum atomic E-state index is 13.3. The maximum Gasteiger partial charge on any atom is 0.174 e. The van der Waals surface area contributed by atoms with Gasteiger partial charge in [0.05, 0.1) is 19.2 Å². The van der Waals surface area contributed by atoms with Crippen LogP contribution in [-0.4, -0.2) is 40.1 Å². The Morgan fingerprint density at radius 2 is 2.25 bits per heavy atom. The normalized spacial score (nSPS) is 12.8. The van der Waals surface area contributed by atoms with Crippen molar-refractivity contribution in [2.75, 3.05) is 19.9 Å². The minimum Gasteiger partial charge on any atom is -0.394 e. The summed E-state index contributed by atoms with van der Waals surface area (Å²) in [5, 5.41) is 18.6. The molecule has 20 heavy (non-hydrogen) atoms. The van der Waals surface area contributed by atoms with Gasteiger partial charge in [-0.1, -0.05) is 35.2 Å². The van der Waals surface area contributed by atoms with Crippen LogP contribution < -0.4 is 0 Å². The molecule has 108 valence electrons. The summed E-state index contributed by atoms with van der Waals surface area (Å²) in [5.41, 5.74) is 0.754. The van der Waals surface area contributed by atoms with Gasteiger partial charge in [-0.3, -0.25) is 4.90 Å². The van der Waals surface area contributed by atoms with Gasteiger partial charge in [-0.25, -0.2) is 4.39 Å². The largest absolute Gasteiger partial charge is 0.394 e. The molecule has 0 spiro atoms. The predicted molar refractivity (Wildman–Crippen MR) is 79.4 cm³/mol. The van der Waals surface area contributed by atoms with E-state index >= 15 is 0 Å². The molecule has 2 rings (SSSR count). The molecule has 0 unspecified atom stereocenters. The number of benzene rings is 1. The first-order chi connectivity index (χ1) is 9.63. The molecule has 1 aromatic carbocycles. The van der Waals surface area contributed by atoms with E-state index in [9.17, 15) is 9.50 Å². The number of halogens is 1. The van der Waals surface area contributed by atoms with Crippen molar-refractivity contribution in [2.45, 2.75) is 16.9 Å². The topological polar surface area (TPSA) is 49.2 Å². The monoisotopic (exact) mass is 313 g/mol. The highest BCUT2D eigenvalue weighted by Crippen LogP contribution is 2.24. The fraction of sp³-hybridized carbons (Fsp3) is 0.385. The molecule has 7 heteroatoms. The van der Waals surface area contributed by atoms with E-state index in [1.54, 1.807) is 17.8 Å². The number of hydrogen-bond donors (Lipinski definition) is 1. The molecule has 0 aliphatic heterocycles. The lowest BCUT2D eigenvalue weighted by atomic mass is 10.1. The lowest BCUT2D eigenvalue weighted by Gasteiger charge is -2.25. The van der Waals surface area contributed by atoms with E-state index in [2.05, 4.69) is 10.2 Å². The summed E-state index contributed by atoms with van der Waals surface area (Å²) in [4.78, 5) is 1.94. The second-order valence-corrected chi connectivity index (χ2v) is 6.45. The predicted octanol–water partition coefficient (Wildman–Crippen LogP) is 2.56. The number of likely N-dealkylation sites (N-methyl/N-ethyl adjacent to an activating group) is 1. The summed E-state index contributed by atoms with van der Waals surface area (Å²) in [6, 6.07) is 6.05. The average molecular weight is 313 g/mol. The van der Waals surface area contributed by atoms with Gasteiger partial charge in [-0.2, -0.15) is 0 Å². The molecule has 0 saturated carbocycles. The Labute approximate surface area is 125 Å². The Kier molecular flexibility index (Phi) is 5.47. The van der Waals surface area contributed by atoms with E-state index in [4.69, 9.17) is 0 Å². The first-order valence-corrected chi connectivity index (χ1v) is 8.11. The number of hydrogen-bond acceptors (Lipinski definition) is 6. The zero-order valence-electron chi connectivity index (χ0n) is 11.3. The molecule has 1 heterocycles. The van der Waals surface area contributed by atoms with Crippen molar-refractivity contribution in [3.8, 4) is 0 Å².